The molecule has 0 spiro atoms. The summed E-state index contributed by atoms with van der Waals surface area (Å²) in [5, 5.41) is 3.94. The standard InChI is InChI=1S/C30H23F5I2O10S/c31-29(32,33)28(30(34,35)48(42,43)44)47-27(41)23-21-16-7-3-1-5-14(16)20(15-6-2-4-8-17(15)21)22(23)26(40)46-10-9-45-25(39)13-11-18(36)24(38)19(37)12-13/h1-8,11-12,14,16,20-23,28,38H,9-10H2,(H,42,43,44). The van der Waals surface area contributed by atoms with Gasteiger partial charge in [-0.05, 0) is 80.3 Å². The average molecular weight is 924 g/mol. The number of alkyl halides is 5. The average Bonchev–Trinajstić information content (AvgIpc) is 3.02. The first-order valence-electron chi connectivity index (χ1n) is 13.9. The number of allylic oxidation sites excluding steroid dienone is 4. The van der Waals surface area contributed by atoms with Crippen molar-refractivity contribution in [3.8, 4) is 5.75 Å². The molecule has 0 aromatic heterocycles. The van der Waals surface area contributed by atoms with Gasteiger partial charge in [-0.25, -0.2) is 4.79 Å². The van der Waals surface area contributed by atoms with Crippen LogP contribution in [0.4, 0.5) is 22.0 Å². The van der Waals surface area contributed by atoms with Crippen molar-refractivity contribution in [2.24, 2.45) is 23.7 Å². The summed E-state index contributed by atoms with van der Waals surface area (Å²) < 4.78 is 117. The normalized spacial score (nSPS) is 25.1. The highest BCUT2D eigenvalue weighted by Crippen LogP contribution is 2.63. The molecule has 258 valence electrons. The number of phenolic OH excluding ortho intramolecular Hbond substituents is 1. The molecule has 0 heterocycles. The Bertz CT molecular complexity index is 1790. The maximum Gasteiger partial charge on any atom is 0.432 e. The van der Waals surface area contributed by atoms with E-state index in [1.165, 1.54) is 12.1 Å². The molecule has 48 heavy (non-hydrogen) atoms. The minimum atomic E-state index is -6.72. The fourth-order valence-corrected chi connectivity index (χ4v) is 8.81. The lowest BCUT2D eigenvalue weighted by Gasteiger charge is -2.55. The quantitative estimate of drug-likeness (QED) is 0.0796. The highest BCUT2D eigenvalue weighted by atomic mass is 127. The fourth-order valence-electron chi connectivity index (χ4n) is 6.59. The van der Waals surface area contributed by atoms with Crippen molar-refractivity contribution in [2.75, 3.05) is 13.2 Å². The topological polar surface area (TPSA) is 153 Å². The van der Waals surface area contributed by atoms with Crippen molar-refractivity contribution >= 4 is 73.2 Å². The van der Waals surface area contributed by atoms with Crippen LogP contribution in [0, 0.1) is 30.8 Å². The van der Waals surface area contributed by atoms with Crippen molar-refractivity contribution in [1.82, 2.24) is 0 Å². The van der Waals surface area contributed by atoms with Gasteiger partial charge in [0.15, 0.2) is 0 Å². The number of aromatic hydroxyl groups is 1. The molecule has 4 aliphatic rings. The second-order valence-electron chi connectivity index (χ2n) is 11.1. The molecule has 2 aromatic carbocycles. The number of benzene rings is 2. The van der Waals surface area contributed by atoms with E-state index in [1.807, 2.05) is 45.2 Å². The highest BCUT2D eigenvalue weighted by Gasteiger charge is 2.68. The molecule has 2 aromatic rings. The maximum absolute atomic E-state index is 14.4. The van der Waals surface area contributed by atoms with Crippen LogP contribution in [-0.2, 0) is 33.9 Å². The Morgan fingerprint density at radius 1 is 0.833 bits per heavy atom. The first-order chi connectivity index (χ1) is 22.4. The molecule has 10 nitrogen and oxygen atoms in total. The van der Waals surface area contributed by atoms with E-state index in [-0.39, 0.29) is 11.3 Å². The van der Waals surface area contributed by atoms with Crippen molar-refractivity contribution in [2.45, 2.75) is 29.4 Å². The molecular weight excluding hydrogens is 901 g/mol. The zero-order valence-corrected chi connectivity index (χ0v) is 29.1. The molecule has 0 radical (unpaired) electrons. The number of ether oxygens (including phenoxy) is 3. The van der Waals surface area contributed by atoms with E-state index in [1.54, 1.807) is 48.6 Å². The van der Waals surface area contributed by atoms with Crippen LogP contribution < -0.4 is 0 Å². The molecule has 1 fully saturated rings. The predicted molar refractivity (Wildman–Crippen MR) is 171 cm³/mol. The SMILES string of the molecule is O=C(OCCOC(=O)C1C(C(=O)OC(C(F)(F)F)C(F)(F)S(=O)(=O)O)C2c3ccccc3C1C1C=CC=CC12)c1cc(I)c(O)c(I)c1. The number of carbonyl (C=O) groups is 3. The maximum atomic E-state index is 14.4. The number of phenols is 1. The molecule has 1 saturated carbocycles. The molecule has 4 aliphatic carbocycles. The fraction of sp³-hybridized carbons (Fsp3) is 0.367. The van der Waals surface area contributed by atoms with Crippen LogP contribution in [0.3, 0.4) is 0 Å². The Morgan fingerprint density at radius 2 is 1.31 bits per heavy atom. The van der Waals surface area contributed by atoms with Crippen molar-refractivity contribution in [3.05, 3.63) is 84.5 Å². The number of hydrogen-bond donors (Lipinski definition) is 2. The zero-order valence-electron chi connectivity index (χ0n) is 23.9. The van der Waals surface area contributed by atoms with E-state index in [0.717, 1.165) is 0 Å². The lowest BCUT2D eigenvalue weighted by molar-refractivity contribution is -0.262. The van der Waals surface area contributed by atoms with Gasteiger partial charge in [0.1, 0.15) is 19.0 Å². The van der Waals surface area contributed by atoms with Gasteiger partial charge in [0, 0.05) is 11.8 Å². The largest absolute Gasteiger partial charge is 0.506 e. The predicted octanol–water partition coefficient (Wildman–Crippen LogP) is 5.74. The van der Waals surface area contributed by atoms with Crippen LogP contribution in [0.1, 0.15) is 33.3 Å². The van der Waals surface area contributed by atoms with Gasteiger partial charge in [0.2, 0.25) is 0 Å². The third-order valence-electron chi connectivity index (χ3n) is 8.46. The lowest BCUT2D eigenvalue weighted by atomic mass is 9.48. The van der Waals surface area contributed by atoms with Crippen molar-refractivity contribution < 1.29 is 68.6 Å². The summed E-state index contributed by atoms with van der Waals surface area (Å²) in [5.41, 5.74) is 1.10. The lowest BCUT2D eigenvalue weighted by Crippen LogP contribution is -2.57. The number of rotatable bonds is 9. The summed E-state index contributed by atoms with van der Waals surface area (Å²) in [6, 6.07) is 9.19. The van der Waals surface area contributed by atoms with Gasteiger partial charge in [-0.1, -0.05) is 48.6 Å². The molecule has 0 aliphatic heterocycles. The summed E-state index contributed by atoms with van der Waals surface area (Å²) in [5.74, 6) is -10.5. The van der Waals surface area contributed by atoms with Gasteiger partial charge in [0.25, 0.3) is 6.10 Å². The zero-order chi connectivity index (χ0) is 35.3. The van der Waals surface area contributed by atoms with Gasteiger partial charge in [0.05, 0.1) is 24.5 Å². The second-order valence-corrected chi connectivity index (χ2v) is 15.0. The van der Waals surface area contributed by atoms with Gasteiger partial charge in [-0.3, -0.25) is 14.1 Å². The van der Waals surface area contributed by atoms with E-state index in [9.17, 15) is 49.9 Å². The van der Waals surface area contributed by atoms with Gasteiger partial charge >= 0.3 is 39.5 Å². The molecule has 6 rings (SSSR count). The van der Waals surface area contributed by atoms with Gasteiger partial charge in [-0.15, -0.1) is 0 Å². The van der Waals surface area contributed by atoms with E-state index >= 15 is 0 Å². The molecule has 0 saturated heterocycles. The smallest absolute Gasteiger partial charge is 0.432 e. The Hall–Kier alpha value is -2.85. The van der Waals surface area contributed by atoms with Crippen LogP contribution in [-0.4, -0.2) is 66.7 Å². The Morgan fingerprint density at radius 3 is 1.79 bits per heavy atom. The third-order valence-corrected chi connectivity index (χ3v) is 11.0. The van der Waals surface area contributed by atoms with E-state index in [4.69, 9.17) is 14.0 Å². The number of esters is 3. The van der Waals surface area contributed by atoms with E-state index < -0.39 is 94.3 Å². The van der Waals surface area contributed by atoms with E-state index in [0.29, 0.717) is 18.3 Å². The van der Waals surface area contributed by atoms with Gasteiger partial charge < -0.3 is 19.3 Å². The molecular formula is C30H23F5I2O10S. The molecule has 18 heteroatoms. The van der Waals surface area contributed by atoms with Crippen molar-refractivity contribution in [1.29, 1.82) is 0 Å². The Kier molecular flexibility index (Phi) is 10.2. The van der Waals surface area contributed by atoms with Crippen molar-refractivity contribution in [3.63, 3.8) is 0 Å². The van der Waals surface area contributed by atoms with E-state index in [2.05, 4.69) is 4.74 Å². The Labute approximate surface area is 296 Å². The van der Waals surface area contributed by atoms with Crippen LogP contribution in [0.5, 0.6) is 5.75 Å². The first-order valence-corrected chi connectivity index (χ1v) is 17.5. The summed E-state index contributed by atoms with van der Waals surface area (Å²) in [6.07, 6.45) is -4.04. The van der Waals surface area contributed by atoms with Crippen LogP contribution in [0.15, 0.2) is 60.7 Å². The molecule has 2 bridgehead atoms. The monoisotopic (exact) mass is 924 g/mol. The minimum absolute atomic E-state index is 0.0353. The number of hydrogen-bond acceptors (Lipinski definition) is 9. The van der Waals surface area contributed by atoms with Crippen LogP contribution in [0.2, 0.25) is 0 Å². The summed E-state index contributed by atoms with van der Waals surface area (Å²) >= 11 is 3.62. The minimum Gasteiger partial charge on any atom is -0.506 e. The van der Waals surface area contributed by atoms with Crippen LogP contribution >= 0.6 is 45.2 Å². The number of carbonyl (C=O) groups excluding carboxylic acids is 3. The second kappa shape index (κ2) is 13.5. The Balaban J connectivity index is 1.44. The summed E-state index contributed by atoms with van der Waals surface area (Å²) in [4.78, 5) is 39.9. The summed E-state index contributed by atoms with van der Waals surface area (Å²) in [6.45, 7) is -1.06. The molecule has 7 unspecified atom stereocenters. The first kappa shape index (κ1) is 36.4. The highest BCUT2D eigenvalue weighted by molar-refractivity contribution is 14.1. The number of halogens is 7. The van der Waals surface area contributed by atoms with Gasteiger partial charge in [-0.2, -0.15) is 30.4 Å². The van der Waals surface area contributed by atoms with Crippen LogP contribution in [0.25, 0.3) is 0 Å². The summed E-state index contributed by atoms with van der Waals surface area (Å²) in [7, 11) is -6.72. The number of fused-ring (bicyclic) bond motifs is 1. The molecule has 7 atom stereocenters. The molecule has 2 N–H and O–H groups in total. The third kappa shape index (κ3) is 6.68. The molecule has 0 amide bonds.